The first-order chi connectivity index (χ1) is 11.8. The molecule has 0 spiro atoms. The van der Waals surface area contributed by atoms with Crippen molar-refractivity contribution in [2.24, 2.45) is 5.92 Å². The zero-order chi connectivity index (χ0) is 18.0. The van der Waals surface area contributed by atoms with Gasteiger partial charge in [-0.15, -0.1) is 0 Å². The molecule has 1 aromatic heterocycles. The Kier molecular flexibility index (Phi) is 5.05. The molecule has 2 aliphatic heterocycles. The van der Waals surface area contributed by atoms with Gasteiger partial charge in [-0.2, -0.15) is 4.31 Å². The van der Waals surface area contributed by atoms with Crippen LogP contribution in [-0.2, 0) is 26.2 Å². The minimum absolute atomic E-state index is 0.0306. The lowest BCUT2D eigenvalue weighted by Crippen LogP contribution is -2.51. The van der Waals surface area contributed by atoms with Crippen LogP contribution in [0.4, 0.5) is 0 Å². The fourth-order valence-corrected chi connectivity index (χ4v) is 4.13. The van der Waals surface area contributed by atoms with E-state index in [2.05, 4.69) is 4.98 Å². The molecule has 1 aromatic rings. The van der Waals surface area contributed by atoms with Gasteiger partial charge in [-0.1, -0.05) is 6.07 Å². The lowest BCUT2D eigenvalue weighted by molar-refractivity contribution is -0.137. The molecule has 25 heavy (non-hydrogen) atoms. The molecule has 0 saturated carbocycles. The molecule has 136 valence electrons. The summed E-state index contributed by atoms with van der Waals surface area (Å²) in [4.78, 5) is 32.3. The molecule has 0 radical (unpaired) electrons. The molecule has 3 rings (SSSR count). The predicted octanol–water partition coefficient (Wildman–Crippen LogP) is -0.466. The third-order valence-electron chi connectivity index (χ3n) is 4.68. The fourth-order valence-electron chi connectivity index (χ4n) is 3.30. The zero-order valence-corrected chi connectivity index (χ0v) is 15.0. The molecule has 0 aliphatic carbocycles. The molecule has 1 atom stereocenters. The number of amides is 2. The number of carbonyl (C=O) groups excluding carboxylic acids is 2. The molecule has 8 nitrogen and oxygen atoms in total. The van der Waals surface area contributed by atoms with Gasteiger partial charge in [-0.3, -0.25) is 14.6 Å². The molecule has 2 fully saturated rings. The SMILES string of the molecule is CS(=O)(=O)N1CCN(C(=O)[C@@H]2CC(=O)N(Cc3cccnc3)C2)CC1. The highest BCUT2D eigenvalue weighted by molar-refractivity contribution is 7.88. The van der Waals surface area contributed by atoms with Gasteiger partial charge in [0.15, 0.2) is 0 Å². The number of rotatable bonds is 4. The van der Waals surface area contributed by atoms with E-state index in [1.807, 2.05) is 12.1 Å². The van der Waals surface area contributed by atoms with Crippen molar-refractivity contribution in [3.63, 3.8) is 0 Å². The smallest absolute Gasteiger partial charge is 0.228 e. The van der Waals surface area contributed by atoms with Gasteiger partial charge in [0, 0.05) is 58.1 Å². The summed E-state index contributed by atoms with van der Waals surface area (Å²) in [5.41, 5.74) is 0.936. The van der Waals surface area contributed by atoms with Gasteiger partial charge in [0.25, 0.3) is 0 Å². The van der Waals surface area contributed by atoms with Crippen molar-refractivity contribution in [2.75, 3.05) is 39.0 Å². The van der Waals surface area contributed by atoms with Gasteiger partial charge < -0.3 is 9.80 Å². The minimum atomic E-state index is -3.22. The van der Waals surface area contributed by atoms with Gasteiger partial charge >= 0.3 is 0 Å². The summed E-state index contributed by atoms with van der Waals surface area (Å²) in [6.07, 6.45) is 4.78. The third kappa shape index (κ3) is 4.16. The molecule has 0 unspecified atom stereocenters. The summed E-state index contributed by atoms with van der Waals surface area (Å²) in [6, 6.07) is 3.72. The van der Waals surface area contributed by atoms with Crippen molar-refractivity contribution in [1.82, 2.24) is 19.1 Å². The van der Waals surface area contributed by atoms with E-state index in [0.29, 0.717) is 39.3 Å². The highest BCUT2D eigenvalue weighted by atomic mass is 32.2. The fraction of sp³-hybridized carbons (Fsp3) is 0.562. The summed E-state index contributed by atoms with van der Waals surface area (Å²) in [7, 11) is -3.22. The van der Waals surface area contributed by atoms with E-state index >= 15 is 0 Å². The number of piperazine rings is 1. The molecular weight excluding hydrogens is 344 g/mol. The molecule has 2 amide bonds. The quantitative estimate of drug-likeness (QED) is 0.719. The topological polar surface area (TPSA) is 90.9 Å². The number of sulfonamides is 1. The van der Waals surface area contributed by atoms with Crippen molar-refractivity contribution < 1.29 is 18.0 Å². The lowest BCUT2D eigenvalue weighted by atomic mass is 10.1. The number of hydrogen-bond donors (Lipinski definition) is 0. The molecule has 3 heterocycles. The minimum Gasteiger partial charge on any atom is -0.340 e. The molecule has 2 aliphatic rings. The van der Waals surface area contributed by atoms with Crippen LogP contribution in [0.25, 0.3) is 0 Å². The van der Waals surface area contributed by atoms with Gasteiger partial charge in [-0.25, -0.2) is 8.42 Å². The third-order valence-corrected chi connectivity index (χ3v) is 5.98. The van der Waals surface area contributed by atoms with Crippen molar-refractivity contribution >= 4 is 21.8 Å². The second-order valence-electron chi connectivity index (χ2n) is 6.52. The van der Waals surface area contributed by atoms with E-state index in [-0.39, 0.29) is 24.2 Å². The Labute approximate surface area is 147 Å². The van der Waals surface area contributed by atoms with E-state index in [9.17, 15) is 18.0 Å². The van der Waals surface area contributed by atoms with Crippen LogP contribution in [0.3, 0.4) is 0 Å². The maximum absolute atomic E-state index is 12.7. The van der Waals surface area contributed by atoms with Crippen molar-refractivity contribution in [3.8, 4) is 0 Å². The summed E-state index contributed by atoms with van der Waals surface area (Å²) >= 11 is 0. The Morgan fingerprint density at radius 3 is 2.60 bits per heavy atom. The van der Waals surface area contributed by atoms with Crippen LogP contribution >= 0.6 is 0 Å². The highest BCUT2D eigenvalue weighted by Gasteiger charge is 2.37. The first-order valence-electron chi connectivity index (χ1n) is 8.25. The van der Waals surface area contributed by atoms with Crippen LogP contribution in [-0.4, -0.2) is 78.3 Å². The van der Waals surface area contributed by atoms with Crippen LogP contribution in [0.5, 0.6) is 0 Å². The number of nitrogens with zero attached hydrogens (tertiary/aromatic N) is 4. The second kappa shape index (κ2) is 7.09. The largest absolute Gasteiger partial charge is 0.340 e. The number of carbonyl (C=O) groups is 2. The maximum Gasteiger partial charge on any atom is 0.228 e. The molecular formula is C16H22N4O4S. The van der Waals surface area contributed by atoms with Crippen LogP contribution in [0, 0.1) is 5.92 Å². The molecule has 0 bridgehead atoms. The molecule has 2 saturated heterocycles. The predicted molar refractivity (Wildman–Crippen MR) is 90.8 cm³/mol. The Morgan fingerprint density at radius 2 is 2.00 bits per heavy atom. The average Bonchev–Trinajstić information content (AvgIpc) is 2.95. The Bertz CT molecular complexity index is 745. The number of aromatic nitrogens is 1. The number of hydrogen-bond acceptors (Lipinski definition) is 5. The van der Waals surface area contributed by atoms with E-state index in [0.717, 1.165) is 5.56 Å². The van der Waals surface area contributed by atoms with Crippen LogP contribution in [0.15, 0.2) is 24.5 Å². The maximum atomic E-state index is 12.7. The van der Waals surface area contributed by atoms with Gasteiger partial charge in [0.1, 0.15) is 0 Å². The Hall–Kier alpha value is -2.00. The van der Waals surface area contributed by atoms with Crippen molar-refractivity contribution in [2.45, 2.75) is 13.0 Å². The number of pyridine rings is 1. The normalized spacial score (nSPS) is 22.4. The van der Waals surface area contributed by atoms with Crippen molar-refractivity contribution in [3.05, 3.63) is 30.1 Å². The summed E-state index contributed by atoms with van der Waals surface area (Å²) < 4.78 is 24.5. The number of likely N-dealkylation sites (tertiary alicyclic amines) is 1. The molecule has 0 aromatic carbocycles. The van der Waals surface area contributed by atoms with E-state index in [1.54, 1.807) is 22.2 Å². The van der Waals surface area contributed by atoms with Crippen molar-refractivity contribution in [1.29, 1.82) is 0 Å². The molecule has 0 N–H and O–H groups in total. The second-order valence-corrected chi connectivity index (χ2v) is 8.51. The Balaban J connectivity index is 1.56. The standard InChI is InChI=1S/C16H22N4O4S/c1-25(23,24)20-7-5-18(6-8-20)16(22)14-9-15(21)19(12-14)11-13-3-2-4-17-10-13/h2-4,10,14H,5-9,11-12H2,1H3/t14-/m1/s1. The van der Waals surface area contributed by atoms with E-state index < -0.39 is 10.0 Å². The van der Waals surface area contributed by atoms with Gasteiger partial charge in [-0.05, 0) is 11.6 Å². The highest BCUT2D eigenvalue weighted by Crippen LogP contribution is 2.23. The van der Waals surface area contributed by atoms with Crippen LogP contribution < -0.4 is 0 Å². The Morgan fingerprint density at radius 1 is 1.28 bits per heavy atom. The summed E-state index contributed by atoms with van der Waals surface area (Å²) in [6.45, 7) is 2.23. The van der Waals surface area contributed by atoms with Gasteiger partial charge in [0.05, 0.1) is 12.2 Å². The summed E-state index contributed by atoms with van der Waals surface area (Å²) in [5, 5.41) is 0. The van der Waals surface area contributed by atoms with Gasteiger partial charge in [0.2, 0.25) is 21.8 Å². The zero-order valence-electron chi connectivity index (χ0n) is 14.2. The first kappa shape index (κ1) is 17.8. The molecule has 9 heteroatoms. The van der Waals surface area contributed by atoms with Crippen LogP contribution in [0.1, 0.15) is 12.0 Å². The van der Waals surface area contributed by atoms with E-state index in [1.165, 1.54) is 10.6 Å². The van der Waals surface area contributed by atoms with Crippen LogP contribution in [0.2, 0.25) is 0 Å². The lowest BCUT2D eigenvalue weighted by Gasteiger charge is -2.34. The first-order valence-corrected chi connectivity index (χ1v) is 10.1. The monoisotopic (exact) mass is 366 g/mol. The van der Waals surface area contributed by atoms with E-state index in [4.69, 9.17) is 0 Å². The summed E-state index contributed by atoms with van der Waals surface area (Å²) in [5.74, 6) is -0.443. The average molecular weight is 366 g/mol.